The maximum Gasteiger partial charge on any atom is 0.167 e. The summed E-state index contributed by atoms with van der Waals surface area (Å²) >= 11 is 0. The lowest BCUT2D eigenvalue weighted by Gasteiger charge is -2.19. The van der Waals surface area contributed by atoms with Crippen LogP contribution in [0, 0.1) is 0 Å². The lowest BCUT2D eigenvalue weighted by atomic mass is 9.86. The zero-order valence-corrected chi connectivity index (χ0v) is 14.3. The lowest BCUT2D eigenvalue weighted by Crippen LogP contribution is -2.11. The molecule has 0 aliphatic heterocycles. The summed E-state index contributed by atoms with van der Waals surface area (Å²) in [6, 6.07) is 19.0. The van der Waals surface area contributed by atoms with Gasteiger partial charge in [0.25, 0.3) is 0 Å². The van der Waals surface area contributed by atoms with Gasteiger partial charge in [-0.25, -0.2) is 0 Å². The van der Waals surface area contributed by atoms with Gasteiger partial charge in [0.05, 0.1) is 0 Å². The monoisotopic (exact) mass is 318 g/mol. The van der Waals surface area contributed by atoms with Crippen molar-refractivity contribution in [1.29, 1.82) is 0 Å². The minimum absolute atomic E-state index is 0.0613. The first kappa shape index (κ1) is 16.3. The van der Waals surface area contributed by atoms with Crippen molar-refractivity contribution < 1.29 is 9.90 Å². The molecule has 3 rings (SSSR count). The van der Waals surface area contributed by atoms with Gasteiger partial charge in [0.1, 0.15) is 5.75 Å². The highest BCUT2D eigenvalue weighted by Crippen LogP contribution is 2.29. The zero-order chi connectivity index (χ0) is 17.3. The van der Waals surface area contributed by atoms with Crippen LogP contribution in [-0.4, -0.2) is 10.9 Å². The highest BCUT2D eigenvalue weighted by molar-refractivity contribution is 6.01. The van der Waals surface area contributed by atoms with Crippen molar-refractivity contribution in [3.05, 3.63) is 77.4 Å². The first-order valence-corrected chi connectivity index (χ1v) is 8.19. The second-order valence-electron chi connectivity index (χ2n) is 7.22. The predicted molar refractivity (Wildman–Crippen MR) is 98.8 cm³/mol. The molecule has 0 fully saturated rings. The van der Waals surface area contributed by atoms with Gasteiger partial charge in [-0.15, -0.1) is 0 Å². The molecule has 3 aromatic rings. The Bertz CT molecular complexity index is 879. The van der Waals surface area contributed by atoms with E-state index >= 15 is 0 Å². The van der Waals surface area contributed by atoms with Crippen molar-refractivity contribution in [2.45, 2.75) is 32.6 Å². The Morgan fingerprint density at radius 2 is 1.54 bits per heavy atom. The van der Waals surface area contributed by atoms with E-state index in [0.717, 1.165) is 16.3 Å². The topological polar surface area (TPSA) is 37.3 Å². The van der Waals surface area contributed by atoms with Crippen LogP contribution >= 0.6 is 0 Å². The van der Waals surface area contributed by atoms with Crippen LogP contribution in [0.1, 0.15) is 42.3 Å². The van der Waals surface area contributed by atoms with Crippen LogP contribution < -0.4 is 0 Å². The van der Waals surface area contributed by atoms with Gasteiger partial charge in [0.2, 0.25) is 0 Å². The molecule has 0 amide bonds. The van der Waals surface area contributed by atoms with E-state index in [-0.39, 0.29) is 23.4 Å². The van der Waals surface area contributed by atoms with Crippen LogP contribution in [0.25, 0.3) is 10.8 Å². The third kappa shape index (κ3) is 3.18. The van der Waals surface area contributed by atoms with E-state index in [1.165, 1.54) is 5.56 Å². The molecule has 0 unspecified atom stereocenters. The quantitative estimate of drug-likeness (QED) is 0.668. The fourth-order valence-corrected chi connectivity index (χ4v) is 2.98. The summed E-state index contributed by atoms with van der Waals surface area (Å²) in [6.07, 6.45) is 0.282. The summed E-state index contributed by atoms with van der Waals surface area (Å²) in [5.41, 5.74) is 2.84. The van der Waals surface area contributed by atoms with Crippen LogP contribution in [0.4, 0.5) is 0 Å². The maximum absolute atomic E-state index is 12.6. The Kier molecular flexibility index (Phi) is 4.15. The van der Waals surface area contributed by atoms with E-state index in [0.29, 0.717) is 5.56 Å². The van der Waals surface area contributed by atoms with E-state index in [9.17, 15) is 9.90 Å². The Morgan fingerprint density at radius 1 is 0.917 bits per heavy atom. The number of ketones is 1. The average molecular weight is 318 g/mol. The number of phenols is 1. The number of fused-ring (bicyclic) bond motifs is 1. The molecular formula is C22H22O2. The van der Waals surface area contributed by atoms with Gasteiger partial charge in [0.15, 0.2) is 5.78 Å². The molecule has 0 bridgehead atoms. The molecule has 0 saturated heterocycles. The molecule has 0 spiro atoms. The molecule has 0 radical (unpaired) electrons. The smallest absolute Gasteiger partial charge is 0.167 e. The maximum atomic E-state index is 12.6. The number of phenolic OH excluding ortho intramolecular Hbond substituents is 1. The van der Waals surface area contributed by atoms with Gasteiger partial charge >= 0.3 is 0 Å². The molecule has 0 aliphatic rings. The van der Waals surface area contributed by atoms with Crippen molar-refractivity contribution in [2.24, 2.45) is 0 Å². The number of benzene rings is 3. The Balaban J connectivity index is 1.91. The molecule has 0 aliphatic carbocycles. The molecule has 2 heteroatoms. The molecule has 122 valence electrons. The van der Waals surface area contributed by atoms with E-state index in [1.54, 1.807) is 6.07 Å². The minimum Gasteiger partial charge on any atom is -0.507 e. The highest BCUT2D eigenvalue weighted by atomic mass is 16.3. The third-order valence-electron chi connectivity index (χ3n) is 4.39. The predicted octanol–water partition coefficient (Wildman–Crippen LogP) is 5.27. The van der Waals surface area contributed by atoms with Gasteiger partial charge in [-0.05, 0) is 28.0 Å². The normalized spacial score (nSPS) is 11.6. The second kappa shape index (κ2) is 6.12. The summed E-state index contributed by atoms with van der Waals surface area (Å²) in [5.74, 6) is 0.283. The number of Topliss-reactive ketones (excluding diaryl/α,β-unsaturated/α-hetero) is 1. The van der Waals surface area contributed by atoms with Crippen LogP contribution in [-0.2, 0) is 11.8 Å². The summed E-state index contributed by atoms with van der Waals surface area (Å²) in [6.45, 7) is 6.47. The summed E-state index contributed by atoms with van der Waals surface area (Å²) in [5, 5.41) is 11.9. The summed E-state index contributed by atoms with van der Waals surface area (Å²) in [4.78, 5) is 12.6. The van der Waals surface area contributed by atoms with E-state index in [1.807, 2.05) is 54.6 Å². The van der Waals surface area contributed by atoms with Gasteiger partial charge in [-0.1, -0.05) is 75.4 Å². The molecule has 2 nitrogen and oxygen atoms in total. The standard InChI is InChI=1S/C22H22O2/c1-22(2,3)18-12-10-15(11-13-18)20(24)14-17-8-4-6-16-7-5-9-19(23)21(16)17/h4-13,23H,14H2,1-3H3. The number of rotatable bonds is 3. The van der Waals surface area contributed by atoms with Crippen molar-refractivity contribution in [3.8, 4) is 5.75 Å². The third-order valence-corrected chi connectivity index (χ3v) is 4.39. The van der Waals surface area contributed by atoms with Crippen LogP contribution in [0.15, 0.2) is 60.7 Å². The van der Waals surface area contributed by atoms with Crippen molar-refractivity contribution in [2.75, 3.05) is 0 Å². The van der Waals surface area contributed by atoms with Crippen molar-refractivity contribution in [3.63, 3.8) is 0 Å². The SMILES string of the molecule is CC(C)(C)c1ccc(C(=O)Cc2cccc3cccc(O)c23)cc1. The zero-order valence-electron chi connectivity index (χ0n) is 14.3. The number of aromatic hydroxyl groups is 1. The first-order valence-electron chi connectivity index (χ1n) is 8.19. The largest absolute Gasteiger partial charge is 0.507 e. The summed E-state index contributed by atoms with van der Waals surface area (Å²) in [7, 11) is 0. The average Bonchev–Trinajstić information content (AvgIpc) is 2.54. The van der Waals surface area contributed by atoms with E-state index < -0.39 is 0 Å². The highest BCUT2D eigenvalue weighted by Gasteiger charge is 2.15. The molecule has 3 aromatic carbocycles. The van der Waals surface area contributed by atoms with Gasteiger partial charge in [-0.2, -0.15) is 0 Å². The molecule has 24 heavy (non-hydrogen) atoms. The van der Waals surface area contributed by atoms with E-state index in [4.69, 9.17) is 0 Å². The fraction of sp³-hybridized carbons (Fsp3) is 0.227. The Labute approximate surface area is 142 Å². The molecule has 0 aromatic heterocycles. The summed E-state index contributed by atoms with van der Waals surface area (Å²) < 4.78 is 0. The second-order valence-corrected chi connectivity index (χ2v) is 7.22. The van der Waals surface area contributed by atoms with Crippen LogP contribution in [0.2, 0.25) is 0 Å². The van der Waals surface area contributed by atoms with E-state index in [2.05, 4.69) is 20.8 Å². The van der Waals surface area contributed by atoms with Gasteiger partial charge < -0.3 is 5.11 Å². The first-order chi connectivity index (χ1) is 11.4. The molecule has 1 N–H and O–H groups in total. The Hall–Kier alpha value is -2.61. The molecule has 0 atom stereocenters. The lowest BCUT2D eigenvalue weighted by molar-refractivity contribution is 0.0993. The van der Waals surface area contributed by atoms with Crippen LogP contribution in [0.5, 0.6) is 5.75 Å². The minimum atomic E-state index is 0.0613. The molecule has 0 saturated carbocycles. The molecule has 0 heterocycles. The van der Waals surface area contributed by atoms with Crippen LogP contribution in [0.3, 0.4) is 0 Å². The number of hydrogen-bond donors (Lipinski definition) is 1. The fourth-order valence-electron chi connectivity index (χ4n) is 2.98. The van der Waals surface area contributed by atoms with Gasteiger partial charge in [-0.3, -0.25) is 4.79 Å². The molecular weight excluding hydrogens is 296 g/mol. The van der Waals surface area contributed by atoms with Crippen molar-refractivity contribution >= 4 is 16.6 Å². The Morgan fingerprint density at radius 3 is 2.17 bits per heavy atom. The van der Waals surface area contributed by atoms with Crippen molar-refractivity contribution in [1.82, 2.24) is 0 Å². The number of hydrogen-bond acceptors (Lipinski definition) is 2. The van der Waals surface area contributed by atoms with Gasteiger partial charge in [0, 0.05) is 17.4 Å². The number of carbonyl (C=O) groups excluding carboxylic acids is 1. The number of carbonyl (C=O) groups is 1.